The summed E-state index contributed by atoms with van der Waals surface area (Å²) in [5.74, 6) is 0. The van der Waals surface area contributed by atoms with E-state index in [0.29, 0.717) is 0 Å². The topological polar surface area (TPSA) is 0 Å². The number of halogens is 4. The van der Waals surface area contributed by atoms with E-state index in [1.54, 1.807) is 0 Å². The highest BCUT2D eigenvalue weighted by molar-refractivity contribution is 7.54. The van der Waals surface area contributed by atoms with Gasteiger partial charge in [-0.1, -0.05) is 36.7 Å². The van der Waals surface area contributed by atoms with E-state index in [9.17, 15) is 0 Å². The molecule has 0 unspecified atom stereocenters. The maximum atomic E-state index is 6.39. The molecule has 0 radical (unpaired) electrons. The fourth-order valence-electron chi connectivity index (χ4n) is 1.16. The molecule has 0 bridgehead atoms. The van der Waals surface area contributed by atoms with Crippen LogP contribution in [0.2, 0.25) is 32.7 Å². The van der Waals surface area contributed by atoms with Crippen molar-refractivity contribution in [1.82, 2.24) is 0 Å². The van der Waals surface area contributed by atoms with Gasteiger partial charge in [-0.05, 0) is 6.55 Å². The first-order valence-electron chi connectivity index (χ1n) is 4.33. The maximum absolute atomic E-state index is 6.39. The molecule has 0 aromatic carbocycles. The van der Waals surface area contributed by atoms with Crippen molar-refractivity contribution in [3.8, 4) is 0 Å². The quantitative estimate of drug-likeness (QED) is 0.507. The Morgan fingerprint density at radius 2 is 1.21 bits per heavy atom. The molecule has 0 spiro atoms. The fourth-order valence-corrected chi connectivity index (χ4v) is 19.8. The first kappa shape index (κ1) is 15.6. The van der Waals surface area contributed by atoms with Gasteiger partial charge < -0.3 is 0 Å². The van der Waals surface area contributed by atoms with E-state index >= 15 is 0 Å². The number of hydrogen-bond acceptors (Lipinski definition) is 0. The van der Waals surface area contributed by atoms with Gasteiger partial charge in [-0.2, -0.15) is 22.2 Å². The SMILES string of the molecule is C[Si](C)(Cl)/C=C(\[Si](C)(C)Cl)[Si](C)(Cl)Cl. The summed E-state index contributed by atoms with van der Waals surface area (Å²) in [7, 11) is -3.76. The zero-order chi connectivity index (χ0) is 11.8. The minimum absolute atomic E-state index is 1.06. The van der Waals surface area contributed by atoms with Crippen LogP contribution in [0.15, 0.2) is 10.5 Å². The lowest BCUT2D eigenvalue weighted by molar-refractivity contribution is 1.83. The van der Waals surface area contributed by atoms with E-state index < -0.39 is 21.5 Å². The molecular weight excluding hydrogens is 310 g/mol. The highest BCUT2D eigenvalue weighted by atomic mass is 35.7. The number of rotatable bonds is 3. The monoisotopic (exact) mass is 324 g/mol. The van der Waals surface area contributed by atoms with E-state index in [1.807, 2.05) is 32.7 Å². The van der Waals surface area contributed by atoms with Crippen molar-refractivity contribution >= 4 is 65.8 Å². The Balaban J connectivity index is 5.26. The minimum atomic E-state index is -2.35. The average molecular weight is 326 g/mol. The van der Waals surface area contributed by atoms with Crippen molar-refractivity contribution in [2.45, 2.75) is 32.7 Å². The van der Waals surface area contributed by atoms with Crippen molar-refractivity contribution in [3.63, 3.8) is 0 Å². The normalized spacial score (nSPS) is 15.9. The summed E-state index contributed by atoms with van der Waals surface area (Å²) < 4.78 is 0. The third kappa shape index (κ3) is 6.20. The molecule has 0 aliphatic rings. The zero-order valence-corrected chi connectivity index (χ0v) is 15.1. The second kappa shape index (κ2) is 4.82. The summed E-state index contributed by atoms with van der Waals surface area (Å²) in [4.78, 5) is 1.06. The Morgan fingerprint density at radius 3 is 1.29 bits per heavy atom. The Kier molecular flexibility index (Phi) is 5.35. The van der Waals surface area contributed by atoms with Gasteiger partial charge in [0, 0.05) is 0 Å². The zero-order valence-electron chi connectivity index (χ0n) is 9.09. The molecule has 84 valence electrons. The fraction of sp³-hybridized carbons (Fsp3) is 0.714. The van der Waals surface area contributed by atoms with Crippen LogP contribution in [0, 0.1) is 0 Å². The summed E-state index contributed by atoms with van der Waals surface area (Å²) >= 11 is 25.1. The van der Waals surface area contributed by atoms with Crippen LogP contribution in [0.3, 0.4) is 0 Å². The van der Waals surface area contributed by atoms with Gasteiger partial charge in [-0.25, -0.2) is 0 Å². The second-order valence-electron chi connectivity index (χ2n) is 4.48. The van der Waals surface area contributed by atoms with E-state index in [-0.39, 0.29) is 0 Å². The molecule has 0 saturated heterocycles. The van der Waals surface area contributed by atoms with Gasteiger partial charge in [0.2, 0.25) is 0 Å². The van der Waals surface area contributed by atoms with Gasteiger partial charge in [-0.15, -0.1) is 22.2 Å². The summed E-state index contributed by atoms with van der Waals surface area (Å²) in [5.41, 5.74) is 2.07. The molecular formula is C7H16Cl4Si3. The summed E-state index contributed by atoms with van der Waals surface area (Å²) in [6, 6.07) is 0. The van der Waals surface area contributed by atoms with E-state index in [2.05, 4.69) is 5.70 Å². The first-order chi connectivity index (χ1) is 5.84. The third-order valence-electron chi connectivity index (χ3n) is 1.60. The summed E-state index contributed by atoms with van der Waals surface area (Å²) in [5, 5.41) is 0. The highest BCUT2D eigenvalue weighted by Crippen LogP contribution is 2.35. The molecule has 0 amide bonds. The van der Waals surface area contributed by atoms with Crippen molar-refractivity contribution in [2.24, 2.45) is 0 Å². The summed E-state index contributed by atoms with van der Waals surface area (Å²) in [6.45, 7) is 7.69. The molecule has 0 saturated carbocycles. The van der Waals surface area contributed by atoms with Crippen LogP contribution in [0.4, 0.5) is 0 Å². The van der Waals surface area contributed by atoms with Crippen molar-refractivity contribution < 1.29 is 0 Å². The van der Waals surface area contributed by atoms with Crippen LogP contribution >= 0.6 is 44.3 Å². The van der Waals surface area contributed by atoms with Gasteiger partial charge in [0.25, 0.3) is 6.69 Å². The second-order valence-corrected chi connectivity index (χ2v) is 25.1. The first-order valence-corrected chi connectivity index (χ1v) is 17.0. The van der Waals surface area contributed by atoms with Crippen LogP contribution in [0.25, 0.3) is 0 Å². The maximum Gasteiger partial charge on any atom is 0.270 e. The van der Waals surface area contributed by atoms with Crippen molar-refractivity contribution in [1.29, 1.82) is 0 Å². The van der Waals surface area contributed by atoms with Crippen LogP contribution in [-0.2, 0) is 0 Å². The molecule has 0 heterocycles. The third-order valence-corrected chi connectivity index (χ3v) is 12.6. The Bertz CT molecular complexity index is 215. The standard InChI is InChI=1S/C7H16Cl4Si3/c1-12(2,8)6-7(13(3,4)9)14(5,10)11/h6H,1-5H3/b7-6+. The van der Waals surface area contributed by atoms with Crippen LogP contribution in [0.5, 0.6) is 0 Å². The Labute approximate surface area is 108 Å². The lowest BCUT2D eigenvalue weighted by Crippen LogP contribution is -2.37. The molecule has 0 fully saturated rings. The lowest BCUT2D eigenvalue weighted by Gasteiger charge is -2.27. The van der Waals surface area contributed by atoms with Gasteiger partial charge in [0.05, 0.1) is 0 Å². The molecule has 0 aromatic rings. The predicted octanol–water partition coefficient (Wildman–Crippen LogP) is 4.97. The average Bonchev–Trinajstić information content (AvgIpc) is 1.75. The molecule has 0 aromatic heterocycles. The van der Waals surface area contributed by atoms with Crippen LogP contribution in [0.1, 0.15) is 0 Å². The van der Waals surface area contributed by atoms with E-state index in [4.69, 9.17) is 44.3 Å². The molecule has 0 rings (SSSR count). The van der Waals surface area contributed by atoms with Crippen molar-refractivity contribution in [2.75, 3.05) is 0 Å². The molecule has 0 nitrogen and oxygen atoms in total. The molecule has 14 heavy (non-hydrogen) atoms. The lowest BCUT2D eigenvalue weighted by atomic mass is 11.2. The summed E-state index contributed by atoms with van der Waals surface area (Å²) in [6.07, 6.45) is 0. The van der Waals surface area contributed by atoms with Gasteiger partial charge in [0.15, 0.2) is 14.8 Å². The molecule has 7 heteroatoms. The van der Waals surface area contributed by atoms with Gasteiger partial charge in [0.1, 0.15) is 0 Å². The number of hydrogen-bond donors (Lipinski definition) is 0. The molecule has 0 atom stereocenters. The van der Waals surface area contributed by atoms with Gasteiger partial charge >= 0.3 is 0 Å². The van der Waals surface area contributed by atoms with Crippen molar-refractivity contribution in [3.05, 3.63) is 10.5 Å². The van der Waals surface area contributed by atoms with E-state index in [1.165, 1.54) is 0 Å². The predicted molar refractivity (Wildman–Crippen MR) is 78.1 cm³/mol. The smallest absolute Gasteiger partial charge is 0.162 e. The molecule has 0 aliphatic heterocycles. The Morgan fingerprint density at radius 1 is 0.857 bits per heavy atom. The Hall–Kier alpha value is 1.55. The van der Waals surface area contributed by atoms with Crippen LogP contribution in [-0.4, -0.2) is 21.5 Å². The highest BCUT2D eigenvalue weighted by Gasteiger charge is 2.39. The molecule has 0 N–H and O–H groups in total. The minimum Gasteiger partial charge on any atom is -0.162 e. The molecule has 0 aliphatic carbocycles. The van der Waals surface area contributed by atoms with Crippen LogP contribution < -0.4 is 0 Å². The van der Waals surface area contributed by atoms with E-state index in [0.717, 1.165) is 4.82 Å². The largest absolute Gasteiger partial charge is 0.270 e. The van der Waals surface area contributed by atoms with Gasteiger partial charge in [-0.3, -0.25) is 0 Å².